The van der Waals surface area contributed by atoms with Crippen LogP contribution >= 0.6 is 0 Å². The molecule has 0 fully saturated rings. The summed E-state index contributed by atoms with van der Waals surface area (Å²) < 4.78 is 0. The van der Waals surface area contributed by atoms with Crippen LogP contribution < -0.4 is 0 Å². The third-order valence-corrected chi connectivity index (χ3v) is 12.0. The second-order valence-corrected chi connectivity index (χ2v) is 15.7. The molecular weight excluding hydrogens is 689 g/mol. The van der Waals surface area contributed by atoms with Crippen LogP contribution in [0.25, 0.3) is 99.6 Å². The van der Waals surface area contributed by atoms with Gasteiger partial charge in [-0.05, 0) is 101 Å². The molecule has 0 saturated heterocycles. The average molecular weight is 727 g/mol. The van der Waals surface area contributed by atoms with Gasteiger partial charge in [-0.1, -0.05) is 184 Å². The number of hydrogen-bond donors (Lipinski definition) is 0. The first-order chi connectivity index (χ1) is 28.0. The van der Waals surface area contributed by atoms with Crippen molar-refractivity contribution in [3.05, 3.63) is 205 Å². The molecular formula is C55H38N2. The molecule has 0 amide bonds. The van der Waals surface area contributed by atoms with Gasteiger partial charge >= 0.3 is 0 Å². The van der Waals surface area contributed by atoms with E-state index in [1.165, 1.54) is 65.7 Å². The van der Waals surface area contributed by atoms with Crippen molar-refractivity contribution in [1.29, 1.82) is 0 Å². The molecule has 0 spiro atoms. The molecule has 1 heterocycles. The third kappa shape index (κ3) is 5.40. The number of hydrogen-bond acceptors (Lipinski definition) is 2. The van der Waals surface area contributed by atoms with Crippen molar-refractivity contribution >= 4 is 32.3 Å². The minimum absolute atomic E-state index is 0.173. The predicted octanol–water partition coefficient (Wildman–Crippen LogP) is 14.6. The minimum Gasteiger partial charge on any atom is -0.228 e. The first-order valence-corrected chi connectivity index (χ1v) is 19.7. The quantitative estimate of drug-likeness (QED) is 0.130. The van der Waals surface area contributed by atoms with Crippen molar-refractivity contribution in [1.82, 2.24) is 9.97 Å². The van der Waals surface area contributed by atoms with E-state index in [-0.39, 0.29) is 5.41 Å². The van der Waals surface area contributed by atoms with Crippen LogP contribution in [0.1, 0.15) is 25.0 Å². The molecule has 2 heteroatoms. The summed E-state index contributed by atoms with van der Waals surface area (Å²) in [5.41, 5.74) is 14.9. The van der Waals surface area contributed by atoms with Gasteiger partial charge in [0.15, 0.2) is 5.82 Å². The summed E-state index contributed by atoms with van der Waals surface area (Å²) in [7, 11) is 0. The molecule has 0 N–H and O–H groups in total. The highest BCUT2D eigenvalue weighted by molar-refractivity contribution is 6.20. The lowest BCUT2D eigenvalue weighted by atomic mass is 9.79. The molecule has 0 atom stereocenters. The van der Waals surface area contributed by atoms with Crippen LogP contribution in [-0.2, 0) is 5.41 Å². The number of benzene rings is 9. The minimum atomic E-state index is -0.173. The highest BCUT2D eigenvalue weighted by atomic mass is 14.9. The van der Waals surface area contributed by atoms with E-state index in [0.29, 0.717) is 0 Å². The molecule has 10 aromatic rings. The van der Waals surface area contributed by atoms with Gasteiger partial charge in [0.05, 0.1) is 11.4 Å². The molecule has 0 saturated carbocycles. The molecule has 0 radical (unpaired) electrons. The molecule has 2 nitrogen and oxygen atoms in total. The van der Waals surface area contributed by atoms with Crippen LogP contribution in [0.4, 0.5) is 0 Å². The summed E-state index contributed by atoms with van der Waals surface area (Å²) in [5.74, 6) is 0.719. The van der Waals surface area contributed by atoms with E-state index in [9.17, 15) is 0 Å². The van der Waals surface area contributed by atoms with Crippen LogP contribution in [0.3, 0.4) is 0 Å². The molecule has 0 aliphatic heterocycles. The Morgan fingerprint density at radius 1 is 0.351 bits per heavy atom. The molecule has 11 rings (SSSR count). The van der Waals surface area contributed by atoms with Crippen LogP contribution in [0.15, 0.2) is 194 Å². The molecule has 1 aliphatic carbocycles. The van der Waals surface area contributed by atoms with Gasteiger partial charge in [-0.3, -0.25) is 0 Å². The fraction of sp³-hybridized carbons (Fsp3) is 0.0545. The largest absolute Gasteiger partial charge is 0.228 e. The normalized spacial score (nSPS) is 12.9. The SMILES string of the molecule is CC1(C)c2ccccc2-c2cccc(-c3cc(-c4cccc(-c5cccc(-c6c7ccccc7cc7c6ccc6ccccc67)c5)c4)nc(-c4ccccc4)n3)c21. The van der Waals surface area contributed by atoms with Crippen LogP contribution in [0.5, 0.6) is 0 Å². The fourth-order valence-corrected chi connectivity index (χ4v) is 9.35. The number of fused-ring (bicyclic) bond motifs is 7. The second-order valence-electron chi connectivity index (χ2n) is 15.7. The summed E-state index contributed by atoms with van der Waals surface area (Å²) >= 11 is 0. The van der Waals surface area contributed by atoms with E-state index < -0.39 is 0 Å². The van der Waals surface area contributed by atoms with Crippen LogP contribution in [0, 0.1) is 0 Å². The van der Waals surface area contributed by atoms with Crippen molar-refractivity contribution in [3.63, 3.8) is 0 Å². The Hall–Kier alpha value is -7.16. The van der Waals surface area contributed by atoms with E-state index in [4.69, 9.17) is 9.97 Å². The maximum absolute atomic E-state index is 5.29. The van der Waals surface area contributed by atoms with E-state index in [0.717, 1.165) is 45.0 Å². The van der Waals surface area contributed by atoms with Crippen molar-refractivity contribution in [2.75, 3.05) is 0 Å². The van der Waals surface area contributed by atoms with Gasteiger partial charge < -0.3 is 0 Å². The Morgan fingerprint density at radius 3 is 1.79 bits per heavy atom. The second kappa shape index (κ2) is 13.0. The predicted molar refractivity (Wildman–Crippen MR) is 239 cm³/mol. The Balaban J connectivity index is 1.06. The van der Waals surface area contributed by atoms with Crippen molar-refractivity contribution in [2.45, 2.75) is 19.3 Å². The topological polar surface area (TPSA) is 25.8 Å². The molecule has 268 valence electrons. The maximum Gasteiger partial charge on any atom is 0.160 e. The van der Waals surface area contributed by atoms with Crippen LogP contribution in [0.2, 0.25) is 0 Å². The summed E-state index contributed by atoms with van der Waals surface area (Å²) in [5, 5.41) is 7.57. The summed E-state index contributed by atoms with van der Waals surface area (Å²) in [6.45, 7) is 4.67. The smallest absolute Gasteiger partial charge is 0.160 e. The van der Waals surface area contributed by atoms with Gasteiger partial charge in [0, 0.05) is 22.1 Å². The average Bonchev–Trinajstić information content (AvgIpc) is 3.51. The van der Waals surface area contributed by atoms with Gasteiger partial charge in [-0.2, -0.15) is 0 Å². The lowest BCUT2D eigenvalue weighted by Crippen LogP contribution is -2.16. The monoisotopic (exact) mass is 726 g/mol. The van der Waals surface area contributed by atoms with E-state index >= 15 is 0 Å². The fourth-order valence-electron chi connectivity index (χ4n) is 9.35. The summed E-state index contributed by atoms with van der Waals surface area (Å²) in [6, 6.07) is 70.2. The van der Waals surface area contributed by atoms with Gasteiger partial charge in [0.1, 0.15) is 0 Å². The zero-order valence-corrected chi connectivity index (χ0v) is 31.9. The van der Waals surface area contributed by atoms with Crippen molar-refractivity contribution in [3.8, 4) is 67.3 Å². The van der Waals surface area contributed by atoms with Crippen molar-refractivity contribution < 1.29 is 0 Å². The molecule has 1 aromatic heterocycles. The Bertz CT molecular complexity index is 3210. The lowest BCUT2D eigenvalue weighted by Gasteiger charge is -2.24. The molecule has 57 heavy (non-hydrogen) atoms. The number of rotatable bonds is 5. The summed E-state index contributed by atoms with van der Waals surface area (Å²) in [6.07, 6.45) is 0. The van der Waals surface area contributed by atoms with Gasteiger partial charge in [0.25, 0.3) is 0 Å². The van der Waals surface area contributed by atoms with Gasteiger partial charge in [-0.15, -0.1) is 0 Å². The zero-order valence-electron chi connectivity index (χ0n) is 31.9. The number of aromatic nitrogens is 2. The Morgan fingerprint density at radius 2 is 0.947 bits per heavy atom. The van der Waals surface area contributed by atoms with E-state index in [1.807, 2.05) is 6.07 Å². The third-order valence-electron chi connectivity index (χ3n) is 12.0. The zero-order chi connectivity index (χ0) is 38.1. The Kier molecular flexibility index (Phi) is 7.55. The lowest BCUT2D eigenvalue weighted by molar-refractivity contribution is 0.662. The Labute approximate surface area is 332 Å². The number of nitrogens with zero attached hydrogens (tertiary/aromatic N) is 2. The molecule has 9 aromatic carbocycles. The van der Waals surface area contributed by atoms with E-state index in [2.05, 4.69) is 202 Å². The first-order valence-electron chi connectivity index (χ1n) is 19.7. The van der Waals surface area contributed by atoms with E-state index in [1.54, 1.807) is 0 Å². The van der Waals surface area contributed by atoms with Gasteiger partial charge in [0.2, 0.25) is 0 Å². The molecule has 0 unspecified atom stereocenters. The first kappa shape index (κ1) is 33.2. The maximum atomic E-state index is 5.29. The van der Waals surface area contributed by atoms with Gasteiger partial charge in [-0.25, -0.2) is 9.97 Å². The highest BCUT2D eigenvalue weighted by Gasteiger charge is 2.37. The molecule has 1 aliphatic rings. The standard InChI is InChI=1S/C55H38N2/c1-55(2)49-28-11-10-25-44(49)46-26-14-27-47(53(46)55)51-34-50(56-54(57-51)36-16-4-3-5-17-36)40-21-12-19-37(31-40)38-20-13-22-41(32-38)52-43-24-9-7-18-39(43)33-48-42-23-8-6-15-35(42)29-30-45(48)52/h3-34H,1-2H3. The van der Waals surface area contributed by atoms with Crippen LogP contribution in [-0.4, -0.2) is 9.97 Å². The highest BCUT2D eigenvalue weighted by Crippen LogP contribution is 2.52. The molecule has 0 bridgehead atoms. The summed E-state index contributed by atoms with van der Waals surface area (Å²) in [4.78, 5) is 10.5. The van der Waals surface area contributed by atoms with Crippen molar-refractivity contribution in [2.24, 2.45) is 0 Å².